The minimum Gasteiger partial charge on any atom is -0.368 e. The summed E-state index contributed by atoms with van der Waals surface area (Å²) in [5.74, 6) is 0.763. The van der Waals surface area contributed by atoms with Gasteiger partial charge < -0.3 is 16.0 Å². The maximum absolute atomic E-state index is 12.0. The van der Waals surface area contributed by atoms with Crippen LogP contribution in [0.4, 0.5) is 0 Å². The van der Waals surface area contributed by atoms with Crippen molar-refractivity contribution in [3.8, 4) is 0 Å². The molecule has 1 aliphatic carbocycles. The molecule has 0 spiro atoms. The third kappa shape index (κ3) is 3.98. The van der Waals surface area contributed by atoms with E-state index in [4.69, 9.17) is 5.73 Å². The van der Waals surface area contributed by atoms with Crippen LogP contribution in [0.5, 0.6) is 0 Å². The first kappa shape index (κ1) is 16.8. The predicted octanol–water partition coefficient (Wildman–Crippen LogP) is 2.27. The molecule has 2 atom stereocenters. The fourth-order valence-corrected chi connectivity index (χ4v) is 4.38. The van der Waals surface area contributed by atoms with Crippen molar-refractivity contribution in [2.45, 2.75) is 76.8 Å². The lowest BCUT2D eigenvalue weighted by Crippen LogP contribution is -2.61. The van der Waals surface area contributed by atoms with E-state index in [1.165, 1.54) is 45.2 Å². The van der Waals surface area contributed by atoms with Crippen molar-refractivity contribution < 1.29 is 4.79 Å². The Morgan fingerprint density at radius 1 is 1.29 bits per heavy atom. The number of rotatable bonds is 6. The molecule has 1 heterocycles. The molecular weight excluding hydrogens is 262 g/mol. The summed E-state index contributed by atoms with van der Waals surface area (Å²) in [6.45, 7) is 7.57. The van der Waals surface area contributed by atoms with Crippen molar-refractivity contribution in [3.63, 3.8) is 0 Å². The first-order chi connectivity index (χ1) is 10.1. The second-order valence-electron chi connectivity index (χ2n) is 6.99. The average molecular weight is 295 g/mol. The predicted molar refractivity (Wildman–Crippen MR) is 87.1 cm³/mol. The summed E-state index contributed by atoms with van der Waals surface area (Å²) in [7, 11) is 0. The van der Waals surface area contributed by atoms with Crippen LogP contribution in [0.2, 0.25) is 0 Å². The molecule has 1 amide bonds. The number of hydrogen-bond acceptors (Lipinski definition) is 3. The van der Waals surface area contributed by atoms with E-state index in [2.05, 4.69) is 24.1 Å². The molecule has 0 aromatic heterocycles. The van der Waals surface area contributed by atoms with Gasteiger partial charge in [0.2, 0.25) is 5.91 Å². The monoisotopic (exact) mass is 295 g/mol. The van der Waals surface area contributed by atoms with Crippen molar-refractivity contribution in [2.75, 3.05) is 19.6 Å². The molecule has 21 heavy (non-hydrogen) atoms. The molecule has 2 unspecified atom stereocenters. The van der Waals surface area contributed by atoms with Crippen molar-refractivity contribution in [2.24, 2.45) is 11.7 Å². The Hall–Kier alpha value is -0.610. The topological polar surface area (TPSA) is 58.4 Å². The number of carbonyl (C=O) groups excluding carboxylic acids is 1. The van der Waals surface area contributed by atoms with Gasteiger partial charge in [0.15, 0.2) is 0 Å². The maximum atomic E-state index is 12.0. The molecule has 1 aliphatic heterocycles. The minimum atomic E-state index is -0.460. The summed E-state index contributed by atoms with van der Waals surface area (Å²) in [4.78, 5) is 14.6. The number of primary amides is 1. The molecule has 2 fully saturated rings. The maximum Gasteiger partial charge on any atom is 0.237 e. The fraction of sp³-hybridized carbons (Fsp3) is 0.941. The van der Waals surface area contributed by atoms with Crippen LogP contribution in [0.15, 0.2) is 0 Å². The molecule has 3 N–H and O–H groups in total. The summed E-state index contributed by atoms with van der Waals surface area (Å²) in [5.41, 5.74) is 5.26. The summed E-state index contributed by atoms with van der Waals surface area (Å²) in [6.07, 6.45) is 9.46. The van der Waals surface area contributed by atoms with E-state index in [0.717, 1.165) is 31.7 Å². The van der Waals surface area contributed by atoms with E-state index < -0.39 is 5.54 Å². The Morgan fingerprint density at radius 3 is 2.57 bits per heavy atom. The van der Waals surface area contributed by atoms with Crippen LogP contribution in [0.3, 0.4) is 0 Å². The zero-order valence-corrected chi connectivity index (χ0v) is 13.9. The molecule has 0 bridgehead atoms. The number of hydrogen-bond donors (Lipinski definition) is 2. The van der Waals surface area contributed by atoms with Gasteiger partial charge in [-0.25, -0.2) is 0 Å². The van der Waals surface area contributed by atoms with E-state index >= 15 is 0 Å². The van der Waals surface area contributed by atoms with E-state index in [1.807, 2.05) is 0 Å². The molecular formula is C17H33N3O. The summed E-state index contributed by atoms with van der Waals surface area (Å²) in [5, 5.41) is 3.39. The third-order valence-electron chi connectivity index (χ3n) is 5.57. The molecule has 2 rings (SSSR count). The second-order valence-corrected chi connectivity index (χ2v) is 6.99. The van der Waals surface area contributed by atoms with Gasteiger partial charge in [-0.2, -0.15) is 0 Å². The normalized spacial score (nSPS) is 32.2. The minimum absolute atomic E-state index is 0.157. The lowest BCUT2D eigenvalue weighted by atomic mass is 9.77. The van der Waals surface area contributed by atoms with Crippen LogP contribution >= 0.6 is 0 Å². The SMILES string of the molecule is CCCC1CCN(C2CCCC(NCC)(C(N)=O)C2)CC1. The van der Waals surface area contributed by atoms with Crippen LogP contribution in [0, 0.1) is 5.92 Å². The van der Waals surface area contributed by atoms with Gasteiger partial charge in [-0.3, -0.25) is 4.79 Å². The van der Waals surface area contributed by atoms with Crippen molar-refractivity contribution >= 4 is 5.91 Å². The molecule has 0 aromatic carbocycles. The smallest absolute Gasteiger partial charge is 0.237 e. The van der Waals surface area contributed by atoms with Crippen molar-refractivity contribution in [1.29, 1.82) is 0 Å². The van der Waals surface area contributed by atoms with Crippen LogP contribution in [0.1, 0.15) is 65.2 Å². The highest BCUT2D eigenvalue weighted by Crippen LogP contribution is 2.33. The number of nitrogens with one attached hydrogen (secondary N) is 1. The fourth-order valence-electron chi connectivity index (χ4n) is 4.38. The Balaban J connectivity index is 1.93. The Kier molecular flexibility index (Phi) is 6.06. The highest BCUT2D eigenvalue weighted by Gasteiger charge is 2.42. The summed E-state index contributed by atoms with van der Waals surface area (Å²) in [6, 6.07) is 0.535. The Bertz CT molecular complexity index is 335. The van der Waals surface area contributed by atoms with Gasteiger partial charge in [0.1, 0.15) is 0 Å². The molecule has 0 radical (unpaired) electrons. The van der Waals surface area contributed by atoms with Crippen LogP contribution in [-0.4, -0.2) is 42.0 Å². The Labute approximate surface area is 129 Å². The highest BCUT2D eigenvalue weighted by atomic mass is 16.1. The summed E-state index contributed by atoms with van der Waals surface area (Å²) >= 11 is 0. The van der Waals surface area contributed by atoms with Crippen LogP contribution < -0.4 is 11.1 Å². The van der Waals surface area contributed by atoms with Gasteiger partial charge in [-0.15, -0.1) is 0 Å². The van der Waals surface area contributed by atoms with E-state index in [-0.39, 0.29) is 5.91 Å². The lowest BCUT2D eigenvalue weighted by Gasteiger charge is -2.45. The number of nitrogens with two attached hydrogens (primary N) is 1. The molecule has 122 valence electrons. The molecule has 1 saturated carbocycles. The van der Waals surface area contributed by atoms with Crippen molar-refractivity contribution in [1.82, 2.24) is 10.2 Å². The van der Waals surface area contributed by atoms with Gasteiger partial charge in [-0.1, -0.05) is 26.7 Å². The van der Waals surface area contributed by atoms with Gasteiger partial charge in [0, 0.05) is 6.04 Å². The lowest BCUT2D eigenvalue weighted by molar-refractivity contribution is -0.126. The largest absolute Gasteiger partial charge is 0.368 e. The van der Waals surface area contributed by atoms with Crippen LogP contribution in [-0.2, 0) is 4.79 Å². The van der Waals surface area contributed by atoms with Crippen molar-refractivity contribution in [3.05, 3.63) is 0 Å². The van der Waals surface area contributed by atoms with E-state index in [0.29, 0.717) is 6.04 Å². The van der Waals surface area contributed by atoms with Gasteiger partial charge in [0.05, 0.1) is 5.54 Å². The van der Waals surface area contributed by atoms with Gasteiger partial charge in [-0.05, 0) is 64.1 Å². The quantitative estimate of drug-likeness (QED) is 0.790. The molecule has 2 aliphatic rings. The molecule has 1 saturated heterocycles. The third-order valence-corrected chi connectivity index (χ3v) is 5.57. The summed E-state index contributed by atoms with van der Waals surface area (Å²) < 4.78 is 0. The second kappa shape index (κ2) is 7.59. The molecule has 4 nitrogen and oxygen atoms in total. The first-order valence-electron chi connectivity index (χ1n) is 8.90. The average Bonchev–Trinajstić information content (AvgIpc) is 2.49. The van der Waals surface area contributed by atoms with E-state index in [9.17, 15) is 4.79 Å². The van der Waals surface area contributed by atoms with Gasteiger partial charge >= 0.3 is 0 Å². The zero-order valence-electron chi connectivity index (χ0n) is 13.9. The number of likely N-dealkylation sites (tertiary alicyclic amines) is 1. The Morgan fingerprint density at radius 2 is 2.00 bits per heavy atom. The molecule has 0 aromatic rings. The highest BCUT2D eigenvalue weighted by molar-refractivity contribution is 5.84. The van der Waals surface area contributed by atoms with E-state index in [1.54, 1.807) is 0 Å². The van der Waals surface area contributed by atoms with Crippen LogP contribution in [0.25, 0.3) is 0 Å². The molecule has 4 heteroatoms. The number of carbonyl (C=O) groups is 1. The number of amides is 1. The van der Waals surface area contributed by atoms with Gasteiger partial charge in [0.25, 0.3) is 0 Å². The first-order valence-corrected chi connectivity index (χ1v) is 8.90. The number of piperidine rings is 1. The standard InChI is InChI=1S/C17H33N3O/c1-3-6-14-8-11-20(12-9-14)15-7-5-10-17(13-15,16(18)21)19-4-2/h14-15,19H,3-13H2,1-2H3,(H2,18,21). The zero-order chi connectivity index (χ0) is 15.3. The number of nitrogens with zero attached hydrogens (tertiary/aromatic N) is 1. The number of likely N-dealkylation sites (N-methyl/N-ethyl adjacent to an activating group) is 1.